The van der Waals surface area contributed by atoms with E-state index in [1.54, 1.807) is 13.2 Å². The lowest BCUT2D eigenvalue weighted by molar-refractivity contribution is 0.416. The van der Waals surface area contributed by atoms with Gasteiger partial charge >= 0.3 is 0 Å². The number of unbranched alkanes of at least 4 members (excludes halogenated alkanes) is 1. The standard InChI is InChI=1S/C15H19N3O2/c1-20-14-7-5-11(4-2-3-9-16)10-12(14)13-6-8-15(19)18-17-13/h5-8,10H,2-4,9,16H2,1H3,(H,18,19). The molecule has 1 aromatic heterocycles. The summed E-state index contributed by atoms with van der Waals surface area (Å²) in [6, 6.07) is 9.18. The van der Waals surface area contributed by atoms with Gasteiger partial charge in [0.1, 0.15) is 5.75 Å². The number of rotatable bonds is 6. The maximum absolute atomic E-state index is 11.1. The highest BCUT2D eigenvalue weighted by Gasteiger charge is 2.08. The van der Waals surface area contributed by atoms with Crippen molar-refractivity contribution in [3.05, 3.63) is 46.2 Å². The first-order valence-corrected chi connectivity index (χ1v) is 6.67. The SMILES string of the molecule is COc1ccc(CCCCN)cc1-c1ccc(=O)[nH]n1. The molecular formula is C15H19N3O2. The van der Waals surface area contributed by atoms with Crippen molar-refractivity contribution >= 4 is 0 Å². The van der Waals surface area contributed by atoms with Crippen molar-refractivity contribution in [2.45, 2.75) is 19.3 Å². The number of ether oxygens (including phenoxy) is 1. The Labute approximate surface area is 117 Å². The zero-order valence-corrected chi connectivity index (χ0v) is 11.6. The average Bonchev–Trinajstić information content (AvgIpc) is 2.48. The molecule has 0 radical (unpaired) electrons. The van der Waals surface area contributed by atoms with E-state index in [-0.39, 0.29) is 5.56 Å². The third-order valence-electron chi connectivity index (χ3n) is 3.14. The Balaban J connectivity index is 2.31. The Morgan fingerprint density at radius 1 is 1.25 bits per heavy atom. The van der Waals surface area contributed by atoms with Crippen LogP contribution in [0, 0.1) is 0 Å². The van der Waals surface area contributed by atoms with Crippen molar-refractivity contribution in [3.8, 4) is 17.0 Å². The van der Waals surface area contributed by atoms with E-state index >= 15 is 0 Å². The largest absolute Gasteiger partial charge is 0.496 e. The summed E-state index contributed by atoms with van der Waals surface area (Å²) in [5.74, 6) is 0.743. The van der Waals surface area contributed by atoms with Crippen LogP contribution in [-0.2, 0) is 6.42 Å². The summed E-state index contributed by atoms with van der Waals surface area (Å²) < 4.78 is 5.36. The minimum Gasteiger partial charge on any atom is -0.496 e. The van der Waals surface area contributed by atoms with Gasteiger partial charge in [0.15, 0.2) is 0 Å². The van der Waals surface area contributed by atoms with Crippen LogP contribution in [0.5, 0.6) is 5.75 Å². The number of aryl methyl sites for hydroxylation is 1. The molecule has 0 unspecified atom stereocenters. The maximum Gasteiger partial charge on any atom is 0.264 e. The van der Waals surface area contributed by atoms with Crippen LogP contribution < -0.4 is 16.0 Å². The van der Waals surface area contributed by atoms with Gasteiger partial charge in [0.05, 0.1) is 12.8 Å². The Hall–Kier alpha value is -2.14. The van der Waals surface area contributed by atoms with Crippen molar-refractivity contribution in [3.63, 3.8) is 0 Å². The molecule has 0 saturated carbocycles. The Morgan fingerprint density at radius 3 is 2.75 bits per heavy atom. The van der Waals surface area contributed by atoms with Crippen molar-refractivity contribution < 1.29 is 4.74 Å². The van der Waals surface area contributed by atoms with Crippen molar-refractivity contribution in [2.24, 2.45) is 5.73 Å². The number of H-pyrrole nitrogens is 1. The van der Waals surface area contributed by atoms with Gasteiger partial charge in [0.25, 0.3) is 5.56 Å². The fraction of sp³-hybridized carbons (Fsp3) is 0.333. The van der Waals surface area contributed by atoms with E-state index in [1.165, 1.54) is 11.6 Å². The molecule has 106 valence electrons. The normalized spacial score (nSPS) is 10.5. The van der Waals surface area contributed by atoms with Gasteiger partial charge in [0.2, 0.25) is 0 Å². The molecule has 2 aromatic rings. The molecule has 20 heavy (non-hydrogen) atoms. The van der Waals surface area contributed by atoms with E-state index in [2.05, 4.69) is 16.3 Å². The minimum atomic E-state index is -0.216. The molecule has 1 aromatic carbocycles. The number of hydrogen-bond donors (Lipinski definition) is 2. The molecule has 0 aliphatic rings. The predicted octanol–water partition coefficient (Wildman–Crippen LogP) is 1.73. The van der Waals surface area contributed by atoms with E-state index in [1.807, 2.05) is 12.1 Å². The van der Waals surface area contributed by atoms with Crippen LogP contribution in [0.1, 0.15) is 18.4 Å². The first kappa shape index (κ1) is 14.3. The quantitative estimate of drug-likeness (QED) is 0.785. The van der Waals surface area contributed by atoms with Crippen molar-refractivity contribution in [2.75, 3.05) is 13.7 Å². The lowest BCUT2D eigenvalue weighted by atomic mass is 10.0. The molecule has 0 spiro atoms. The third-order valence-corrected chi connectivity index (χ3v) is 3.14. The lowest BCUT2D eigenvalue weighted by Gasteiger charge is -2.10. The highest BCUT2D eigenvalue weighted by atomic mass is 16.5. The second-order valence-electron chi connectivity index (χ2n) is 4.59. The molecule has 0 amide bonds. The number of nitrogens with two attached hydrogens (primary N) is 1. The Morgan fingerprint density at radius 2 is 2.10 bits per heavy atom. The monoisotopic (exact) mass is 273 g/mol. The number of aromatic amines is 1. The number of benzene rings is 1. The third kappa shape index (κ3) is 3.45. The summed E-state index contributed by atoms with van der Waals surface area (Å²) in [5.41, 5.74) is 8.08. The van der Waals surface area contributed by atoms with E-state index in [9.17, 15) is 4.79 Å². The highest BCUT2D eigenvalue weighted by Crippen LogP contribution is 2.29. The average molecular weight is 273 g/mol. The van der Waals surface area contributed by atoms with Crippen LogP contribution in [-0.4, -0.2) is 23.9 Å². The van der Waals surface area contributed by atoms with Gasteiger partial charge in [-0.15, -0.1) is 0 Å². The number of aromatic nitrogens is 2. The van der Waals surface area contributed by atoms with Gasteiger partial charge in [-0.3, -0.25) is 4.79 Å². The molecule has 0 bridgehead atoms. The summed E-state index contributed by atoms with van der Waals surface area (Å²) in [4.78, 5) is 11.1. The number of hydrogen-bond acceptors (Lipinski definition) is 4. The fourth-order valence-electron chi connectivity index (χ4n) is 2.08. The van der Waals surface area contributed by atoms with Crippen LogP contribution >= 0.6 is 0 Å². The molecule has 2 rings (SSSR count). The molecule has 0 atom stereocenters. The molecule has 3 N–H and O–H groups in total. The summed E-state index contributed by atoms with van der Waals surface area (Å²) in [7, 11) is 1.62. The molecular weight excluding hydrogens is 254 g/mol. The molecule has 5 nitrogen and oxygen atoms in total. The van der Waals surface area contributed by atoms with Crippen LogP contribution in [0.15, 0.2) is 35.1 Å². The summed E-state index contributed by atoms with van der Waals surface area (Å²) >= 11 is 0. The molecule has 1 heterocycles. The predicted molar refractivity (Wildman–Crippen MR) is 78.8 cm³/mol. The number of nitrogens with one attached hydrogen (secondary N) is 1. The summed E-state index contributed by atoms with van der Waals surface area (Å²) in [5, 5.41) is 6.50. The van der Waals surface area contributed by atoms with Gasteiger partial charge in [-0.05, 0) is 49.6 Å². The second-order valence-corrected chi connectivity index (χ2v) is 4.59. The second kappa shape index (κ2) is 6.86. The minimum absolute atomic E-state index is 0.216. The van der Waals surface area contributed by atoms with Crippen molar-refractivity contribution in [1.29, 1.82) is 0 Å². The summed E-state index contributed by atoms with van der Waals surface area (Å²) in [6.45, 7) is 0.713. The van der Waals surface area contributed by atoms with Crippen LogP contribution in [0.3, 0.4) is 0 Å². The molecule has 0 aliphatic carbocycles. The highest BCUT2D eigenvalue weighted by molar-refractivity contribution is 5.67. The van der Waals surface area contributed by atoms with E-state index in [0.29, 0.717) is 12.2 Å². The van der Waals surface area contributed by atoms with Gasteiger partial charge in [0, 0.05) is 11.6 Å². The zero-order chi connectivity index (χ0) is 14.4. The van der Waals surface area contributed by atoms with Gasteiger partial charge in [-0.1, -0.05) is 6.07 Å². The van der Waals surface area contributed by atoms with Gasteiger partial charge in [-0.25, -0.2) is 5.10 Å². The maximum atomic E-state index is 11.1. The number of methoxy groups -OCH3 is 1. The van der Waals surface area contributed by atoms with Crippen LogP contribution in [0.4, 0.5) is 0 Å². The smallest absolute Gasteiger partial charge is 0.264 e. The van der Waals surface area contributed by atoms with E-state index < -0.39 is 0 Å². The lowest BCUT2D eigenvalue weighted by Crippen LogP contribution is -2.06. The molecule has 0 saturated heterocycles. The molecule has 5 heteroatoms. The Bertz CT molecular complexity index is 602. The molecule has 0 aliphatic heterocycles. The van der Waals surface area contributed by atoms with Gasteiger partial charge in [-0.2, -0.15) is 5.10 Å². The topological polar surface area (TPSA) is 81.0 Å². The van der Waals surface area contributed by atoms with Gasteiger partial charge < -0.3 is 10.5 Å². The fourth-order valence-corrected chi connectivity index (χ4v) is 2.08. The number of nitrogens with zero attached hydrogens (tertiary/aromatic N) is 1. The Kier molecular flexibility index (Phi) is 4.90. The van der Waals surface area contributed by atoms with E-state index in [4.69, 9.17) is 10.5 Å². The van der Waals surface area contributed by atoms with Crippen LogP contribution in [0.2, 0.25) is 0 Å². The van der Waals surface area contributed by atoms with Crippen LogP contribution in [0.25, 0.3) is 11.3 Å². The van der Waals surface area contributed by atoms with E-state index in [0.717, 1.165) is 30.6 Å². The first-order valence-electron chi connectivity index (χ1n) is 6.67. The van der Waals surface area contributed by atoms with Crippen molar-refractivity contribution in [1.82, 2.24) is 10.2 Å². The zero-order valence-electron chi connectivity index (χ0n) is 11.6. The molecule has 0 fully saturated rings. The summed E-state index contributed by atoms with van der Waals surface area (Å²) in [6.07, 6.45) is 3.04. The first-order chi connectivity index (χ1) is 9.74.